The van der Waals surface area contributed by atoms with Crippen molar-refractivity contribution in [1.82, 2.24) is 4.98 Å². The molecular formula is C14H22N2O. The van der Waals surface area contributed by atoms with Gasteiger partial charge in [-0.25, -0.2) is 0 Å². The Labute approximate surface area is 103 Å². The Morgan fingerprint density at radius 2 is 2.06 bits per heavy atom. The summed E-state index contributed by atoms with van der Waals surface area (Å²) in [6.45, 7) is 7.31. The molecule has 0 spiro atoms. The minimum absolute atomic E-state index is 0.483. The maximum absolute atomic E-state index is 9.44. The summed E-state index contributed by atoms with van der Waals surface area (Å²) in [6.07, 6.45) is 4.00. The zero-order chi connectivity index (χ0) is 12.4. The minimum Gasteiger partial charge on any atom is -0.387 e. The van der Waals surface area contributed by atoms with E-state index >= 15 is 0 Å². The molecule has 1 aliphatic carbocycles. The van der Waals surface area contributed by atoms with Gasteiger partial charge in [0.05, 0.1) is 23.7 Å². The molecule has 1 fully saturated rings. The third-order valence-corrected chi connectivity index (χ3v) is 3.08. The Kier molecular flexibility index (Phi) is 3.67. The molecule has 0 aliphatic heterocycles. The van der Waals surface area contributed by atoms with Crippen molar-refractivity contribution in [2.45, 2.75) is 45.8 Å². The number of aromatic nitrogens is 1. The Morgan fingerprint density at radius 1 is 1.35 bits per heavy atom. The van der Waals surface area contributed by atoms with Crippen LogP contribution in [0.3, 0.4) is 0 Å². The molecule has 1 aliphatic rings. The molecule has 17 heavy (non-hydrogen) atoms. The highest BCUT2D eigenvalue weighted by atomic mass is 16.3. The van der Waals surface area contributed by atoms with Crippen LogP contribution in [0.5, 0.6) is 0 Å². The number of aliphatic hydroxyl groups excluding tert-OH is 1. The van der Waals surface area contributed by atoms with Crippen molar-refractivity contribution in [3.63, 3.8) is 0 Å². The molecule has 1 saturated carbocycles. The summed E-state index contributed by atoms with van der Waals surface area (Å²) >= 11 is 0. The number of hydrogen-bond acceptors (Lipinski definition) is 3. The van der Waals surface area contributed by atoms with Gasteiger partial charge in [0.25, 0.3) is 0 Å². The fourth-order valence-corrected chi connectivity index (χ4v) is 2.06. The molecule has 0 aromatic carbocycles. The van der Waals surface area contributed by atoms with Gasteiger partial charge in [-0.15, -0.1) is 0 Å². The molecule has 3 nitrogen and oxygen atoms in total. The zero-order valence-electron chi connectivity index (χ0n) is 10.9. The second-order valence-electron chi connectivity index (χ2n) is 5.39. The molecule has 3 heteroatoms. The van der Waals surface area contributed by atoms with Gasteiger partial charge < -0.3 is 10.0 Å². The van der Waals surface area contributed by atoms with E-state index in [1.165, 1.54) is 18.5 Å². The van der Waals surface area contributed by atoms with Crippen molar-refractivity contribution in [3.8, 4) is 0 Å². The lowest BCUT2D eigenvalue weighted by molar-refractivity contribution is 0.194. The highest BCUT2D eigenvalue weighted by Gasteiger charge is 2.29. The molecule has 1 atom stereocenters. The maximum Gasteiger partial charge on any atom is 0.0931 e. The third kappa shape index (κ3) is 3.19. The van der Waals surface area contributed by atoms with Crippen molar-refractivity contribution in [1.29, 1.82) is 0 Å². The maximum atomic E-state index is 9.44. The van der Waals surface area contributed by atoms with Crippen LogP contribution in [0.4, 0.5) is 5.69 Å². The summed E-state index contributed by atoms with van der Waals surface area (Å²) in [5, 5.41) is 9.44. The van der Waals surface area contributed by atoms with Gasteiger partial charge in [-0.1, -0.05) is 13.8 Å². The van der Waals surface area contributed by atoms with Crippen LogP contribution in [0.15, 0.2) is 18.3 Å². The first-order valence-electron chi connectivity index (χ1n) is 6.48. The second-order valence-corrected chi connectivity index (χ2v) is 5.39. The van der Waals surface area contributed by atoms with E-state index in [1.54, 1.807) is 6.92 Å². The standard InChI is InChI=1S/C14H22N2O/c1-10(2)9-16(12-4-5-12)13-6-7-14(11(3)17)15-8-13/h6-8,10-12,17H,4-5,9H2,1-3H3/t11-/m1/s1. The first kappa shape index (κ1) is 12.4. The van der Waals surface area contributed by atoms with Crippen LogP contribution >= 0.6 is 0 Å². The molecule has 0 radical (unpaired) electrons. The van der Waals surface area contributed by atoms with Gasteiger partial charge in [-0.05, 0) is 37.8 Å². The highest BCUT2D eigenvalue weighted by molar-refractivity contribution is 5.47. The summed E-state index contributed by atoms with van der Waals surface area (Å²) in [4.78, 5) is 6.77. The van der Waals surface area contributed by atoms with Crippen molar-refractivity contribution in [2.24, 2.45) is 5.92 Å². The monoisotopic (exact) mass is 234 g/mol. The van der Waals surface area contributed by atoms with E-state index in [-0.39, 0.29) is 0 Å². The van der Waals surface area contributed by atoms with E-state index in [2.05, 4.69) is 29.8 Å². The zero-order valence-corrected chi connectivity index (χ0v) is 10.9. The number of rotatable bonds is 5. The Bertz CT molecular complexity index is 355. The smallest absolute Gasteiger partial charge is 0.0931 e. The van der Waals surface area contributed by atoms with Crippen molar-refractivity contribution >= 4 is 5.69 Å². The molecule has 1 aromatic rings. The average Bonchev–Trinajstić information content (AvgIpc) is 3.09. The fraction of sp³-hybridized carbons (Fsp3) is 0.643. The SMILES string of the molecule is CC(C)CN(c1ccc([C@@H](C)O)nc1)C1CC1. The number of nitrogens with zero attached hydrogens (tertiary/aromatic N) is 2. The minimum atomic E-state index is -0.483. The summed E-state index contributed by atoms with van der Waals surface area (Å²) in [5.41, 5.74) is 1.93. The predicted molar refractivity (Wildman–Crippen MR) is 70.1 cm³/mol. The lowest BCUT2D eigenvalue weighted by Gasteiger charge is -2.26. The Hall–Kier alpha value is -1.09. The van der Waals surface area contributed by atoms with Crippen LogP contribution in [0, 0.1) is 5.92 Å². The third-order valence-electron chi connectivity index (χ3n) is 3.08. The largest absolute Gasteiger partial charge is 0.387 e. The quantitative estimate of drug-likeness (QED) is 0.851. The van der Waals surface area contributed by atoms with Gasteiger partial charge in [0, 0.05) is 12.6 Å². The summed E-state index contributed by atoms with van der Waals surface area (Å²) < 4.78 is 0. The van der Waals surface area contributed by atoms with E-state index in [4.69, 9.17) is 0 Å². The van der Waals surface area contributed by atoms with Gasteiger partial charge in [-0.3, -0.25) is 4.98 Å². The van der Waals surface area contributed by atoms with Gasteiger partial charge in [0.2, 0.25) is 0 Å². The number of anilines is 1. The number of pyridine rings is 1. The van der Waals surface area contributed by atoms with Crippen LogP contribution in [-0.4, -0.2) is 22.7 Å². The molecule has 2 rings (SSSR count). The molecule has 94 valence electrons. The van der Waals surface area contributed by atoms with E-state index < -0.39 is 6.10 Å². The first-order chi connectivity index (χ1) is 8.08. The number of aliphatic hydroxyl groups is 1. The summed E-state index contributed by atoms with van der Waals surface area (Å²) in [5.74, 6) is 0.659. The van der Waals surface area contributed by atoms with E-state index in [0.717, 1.165) is 12.2 Å². The molecule has 1 aromatic heterocycles. The predicted octanol–water partition coefficient (Wildman–Crippen LogP) is 2.76. The van der Waals surface area contributed by atoms with Crippen molar-refractivity contribution in [3.05, 3.63) is 24.0 Å². The van der Waals surface area contributed by atoms with Crippen molar-refractivity contribution < 1.29 is 5.11 Å². The molecule has 1 heterocycles. The molecule has 0 amide bonds. The molecule has 0 saturated heterocycles. The van der Waals surface area contributed by atoms with Gasteiger partial charge in [0.15, 0.2) is 0 Å². The highest BCUT2D eigenvalue weighted by Crippen LogP contribution is 2.32. The number of hydrogen-bond donors (Lipinski definition) is 1. The van der Waals surface area contributed by atoms with Gasteiger partial charge in [0.1, 0.15) is 0 Å². The normalized spacial score (nSPS) is 17.2. The van der Waals surface area contributed by atoms with Crippen molar-refractivity contribution in [2.75, 3.05) is 11.4 Å². The summed E-state index contributed by atoms with van der Waals surface area (Å²) in [6, 6.07) is 4.71. The fourth-order valence-electron chi connectivity index (χ4n) is 2.06. The molecule has 0 unspecified atom stereocenters. The Morgan fingerprint density at radius 3 is 2.47 bits per heavy atom. The van der Waals surface area contributed by atoms with Crippen LogP contribution < -0.4 is 4.90 Å². The van der Waals surface area contributed by atoms with Crippen LogP contribution in [0.25, 0.3) is 0 Å². The van der Waals surface area contributed by atoms with Gasteiger partial charge >= 0.3 is 0 Å². The van der Waals surface area contributed by atoms with E-state index in [9.17, 15) is 5.11 Å². The van der Waals surface area contributed by atoms with E-state index in [1.807, 2.05) is 12.3 Å². The lowest BCUT2D eigenvalue weighted by Crippen LogP contribution is -2.29. The van der Waals surface area contributed by atoms with Crippen LogP contribution in [-0.2, 0) is 0 Å². The van der Waals surface area contributed by atoms with Gasteiger partial charge in [-0.2, -0.15) is 0 Å². The molecule has 0 bridgehead atoms. The first-order valence-corrected chi connectivity index (χ1v) is 6.48. The van der Waals surface area contributed by atoms with Crippen LogP contribution in [0.2, 0.25) is 0 Å². The molecule has 1 N–H and O–H groups in total. The second kappa shape index (κ2) is 5.05. The summed E-state index contributed by atoms with van der Waals surface area (Å²) in [7, 11) is 0. The lowest BCUT2D eigenvalue weighted by atomic mass is 10.2. The Balaban J connectivity index is 2.12. The van der Waals surface area contributed by atoms with E-state index in [0.29, 0.717) is 12.0 Å². The molecular weight excluding hydrogens is 212 g/mol. The topological polar surface area (TPSA) is 36.4 Å². The van der Waals surface area contributed by atoms with Crippen LogP contribution in [0.1, 0.15) is 45.4 Å². The average molecular weight is 234 g/mol.